The molecule has 0 atom stereocenters. The number of hydrogen-bond donors (Lipinski definition) is 0. The molecule has 38 heavy (non-hydrogen) atoms. The van der Waals surface area contributed by atoms with Crippen molar-refractivity contribution in [1.29, 1.82) is 0 Å². The van der Waals surface area contributed by atoms with Crippen LogP contribution in [-0.2, 0) is 9.59 Å². The molecule has 7 nitrogen and oxygen atoms in total. The van der Waals surface area contributed by atoms with Gasteiger partial charge in [-0.2, -0.15) is 0 Å². The number of carbonyl (C=O) groups excluding carboxylic acids is 3. The number of thioether (sulfide) groups is 1. The Balaban J connectivity index is 1.27. The zero-order chi connectivity index (χ0) is 27.0. The van der Waals surface area contributed by atoms with Crippen LogP contribution >= 0.6 is 23.4 Å². The van der Waals surface area contributed by atoms with Gasteiger partial charge in [0.25, 0.3) is 11.1 Å². The minimum atomic E-state index is -0.501. The molecule has 2 fully saturated rings. The van der Waals surface area contributed by atoms with Gasteiger partial charge in [0.15, 0.2) is 0 Å². The van der Waals surface area contributed by atoms with Gasteiger partial charge in [-0.05, 0) is 73.6 Å². The average Bonchev–Trinajstić information content (AvgIpc) is 3.34. The zero-order valence-corrected chi connectivity index (χ0v) is 22.6. The van der Waals surface area contributed by atoms with Gasteiger partial charge in [0.05, 0.1) is 9.93 Å². The van der Waals surface area contributed by atoms with E-state index in [9.17, 15) is 18.8 Å². The molecule has 0 unspecified atom stereocenters. The highest BCUT2D eigenvalue weighted by molar-refractivity contribution is 8.18. The standard InChI is InChI=1S/C28H26ClFN4O3S/c1-18-14-20(19(2)34(18)22-8-9-24(30)23(29)16-22)15-25-27(36)33(28(37)38-25)17-26(35)32-12-10-31(11-13-32)21-6-4-3-5-7-21/h3-9,14-16H,10-13,17H2,1-2H3/b25-15+. The van der Waals surface area contributed by atoms with E-state index in [0.29, 0.717) is 31.9 Å². The second-order valence-electron chi connectivity index (χ2n) is 9.23. The van der Waals surface area contributed by atoms with E-state index in [1.807, 2.05) is 54.8 Å². The number of anilines is 1. The van der Waals surface area contributed by atoms with Gasteiger partial charge < -0.3 is 14.4 Å². The molecule has 0 aliphatic carbocycles. The Morgan fingerprint density at radius 1 is 1.00 bits per heavy atom. The molecule has 10 heteroatoms. The lowest BCUT2D eigenvalue weighted by Crippen LogP contribution is -2.51. The third kappa shape index (κ3) is 5.08. The van der Waals surface area contributed by atoms with Crippen LogP contribution in [0.15, 0.2) is 59.5 Å². The van der Waals surface area contributed by atoms with Crippen LogP contribution in [0, 0.1) is 19.7 Å². The van der Waals surface area contributed by atoms with Gasteiger partial charge in [0.2, 0.25) is 5.91 Å². The Hall–Kier alpha value is -3.56. The molecular formula is C28H26ClFN4O3S. The number of amides is 3. The molecule has 0 saturated carbocycles. The molecule has 2 aliphatic rings. The summed E-state index contributed by atoms with van der Waals surface area (Å²) in [5.41, 5.74) is 4.22. The van der Waals surface area contributed by atoms with E-state index >= 15 is 0 Å². The van der Waals surface area contributed by atoms with Gasteiger partial charge in [-0.25, -0.2) is 4.39 Å². The number of benzene rings is 2. The lowest BCUT2D eigenvalue weighted by Gasteiger charge is -2.36. The predicted molar refractivity (Wildman–Crippen MR) is 148 cm³/mol. The highest BCUT2D eigenvalue weighted by Gasteiger charge is 2.37. The van der Waals surface area contributed by atoms with Gasteiger partial charge in [-0.1, -0.05) is 29.8 Å². The number of halogens is 2. The first-order chi connectivity index (χ1) is 18.2. The van der Waals surface area contributed by atoms with E-state index in [1.54, 1.807) is 23.1 Å². The third-order valence-electron chi connectivity index (χ3n) is 6.84. The van der Waals surface area contributed by atoms with Crippen molar-refractivity contribution >= 4 is 52.2 Å². The highest BCUT2D eigenvalue weighted by atomic mass is 35.5. The van der Waals surface area contributed by atoms with Gasteiger partial charge in [0, 0.05) is 48.9 Å². The van der Waals surface area contributed by atoms with Crippen LogP contribution in [0.25, 0.3) is 11.8 Å². The molecule has 1 aromatic heterocycles. The first-order valence-electron chi connectivity index (χ1n) is 12.2. The van der Waals surface area contributed by atoms with Crippen LogP contribution in [0.2, 0.25) is 5.02 Å². The fourth-order valence-electron chi connectivity index (χ4n) is 4.82. The largest absolute Gasteiger partial charge is 0.368 e. The lowest BCUT2D eigenvalue weighted by atomic mass is 10.2. The molecule has 5 rings (SSSR count). The summed E-state index contributed by atoms with van der Waals surface area (Å²) >= 11 is 6.80. The van der Waals surface area contributed by atoms with Crippen LogP contribution in [0.3, 0.4) is 0 Å². The van der Waals surface area contributed by atoms with Crippen molar-refractivity contribution in [3.63, 3.8) is 0 Å². The number of aromatic nitrogens is 1. The topological polar surface area (TPSA) is 65.9 Å². The number of carbonyl (C=O) groups is 3. The molecule has 2 saturated heterocycles. The van der Waals surface area contributed by atoms with Crippen molar-refractivity contribution in [2.24, 2.45) is 0 Å². The molecule has 0 radical (unpaired) electrons. The van der Waals surface area contributed by atoms with Crippen molar-refractivity contribution in [2.45, 2.75) is 13.8 Å². The minimum Gasteiger partial charge on any atom is -0.368 e. The van der Waals surface area contributed by atoms with Gasteiger partial charge in [-0.3, -0.25) is 19.3 Å². The third-order valence-corrected chi connectivity index (χ3v) is 8.04. The normalized spacial score (nSPS) is 17.2. The number of aryl methyl sites for hydroxylation is 1. The summed E-state index contributed by atoms with van der Waals surface area (Å²) in [4.78, 5) is 43.9. The number of rotatable bonds is 5. The van der Waals surface area contributed by atoms with Crippen LogP contribution in [0.4, 0.5) is 14.9 Å². The molecular weight excluding hydrogens is 527 g/mol. The average molecular weight is 553 g/mol. The first kappa shape index (κ1) is 26.1. The number of imide groups is 1. The van der Waals surface area contributed by atoms with E-state index < -0.39 is 17.0 Å². The first-order valence-corrected chi connectivity index (χ1v) is 13.4. The van der Waals surface area contributed by atoms with E-state index in [-0.39, 0.29) is 22.4 Å². The monoisotopic (exact) mass is 552 g/mol. The molecule has 0 N–H and O–H groups in total. The minimum absolute atomic E-state index is 0.0174. The summed E-state index contributed by atoms with van der Waals surface area (Å²) in [6, 6.07) is 16.4. The van der Waals surface area contributed by atoms with Crippen LogP contribution in [0.5, 0.6) is 0 Å². The van der Waals surface area contributed by atoms with Crippen molar-refractivity contribution in [2.75, 3.05) is 37.6 Å². The van der Waals surface area contributed by atoms with Crippen molar-refractivity contribution in [3.8, 4) is 5.69 Å². The molecule has 196 valence electrons. The molecule has 2 aromatic carbocycles. The number of piperazine rings is 1. The molecule has 0 spiro atoms. The SMILES string of the molecule is Cc1cc(/C=C2/SC(=O)N(CC(=O)N3CCN(c4ccccc4)CC3)C2=O)c(C)n1-c1ccc(F)c(Cl)c1. The Kier molecular flexibility index (Phi) is 7.32. The zero-order valence-electron chi connectivity index (χ0n) is 21.0. The maximum Gasteiger partial charge on any atom is 0.294 e. The Bertz CT molecular complexity index is 1450. The second kappa shape index (κ2) is 10.7. The number of nitrogens with zero attached hydrogens (tertiary/aromatic N) is 4. The maximum absolute atomic E-state index is 13.6. The number of para-hydroxylation sites is 1. The van der Waals surface area contributed by atoms with Gasteiger partial charge in [0.1, 0.15) is 12.4 Å². The Labute approximate surface area is 229 Å². The number of hydrogen-bond acceptors (Lipinski definition) is 5. The summed E-state index contributed by atoms with van der Waals surface area (Å²) in [5.74, 6) is -1.22. The fraction of sp³-hybridized carbons (Fsp3) is 0.250. The highest BCUT2D eigenvalue weighted by Crippen LogP contribution is 2.34. The molecule has 3 heterocycles. The summed E-state index contributed by atoms with van der Waals surface area (Å²) < 4.78 is 15.6. The molecule has 3 amide bonds. The van der Waals surface area contributed by atoms with E-state index in [1.165, 1.54) is 6.07 Å². The molecule has 3 aromatic rings. The van der Waals surface area contributed by atoms with Crippen molar-refractivity contribution in [3.05, 3.63) is 87.3 Å². The van der Waals surface area contributed by atoms with Crippen molar-refractivity contribution in [1.82, 2.24) is 14.4 Å². The lowest BCUT2D eigenvalue weighted by molar-refractivity contribution is -0.136. The van der Waals surface area contributed by atoms with Gasteiger partial charge >= 0.3 is 0 Å². The summed E-state index contributed by atoms with van der Waals surface area (Å²) in [6.45, 7) is 5.92. The van der Waals surface area contributed by atoms with Crippen LogP contribution in [-0.4, -0.2) is 64.1 Å². The molecule has 0 bridgehead atoms. The smallest absolute Gasteiger partial charge is 0.294 e. The van der Waals surface area contributed by atoms with Crippen molar-refractivity contribution < 1.29 is 18.8 Å². The fourth-order valence-corrected chi connectivity index (χ4v) is 5.82. The van der Waals surface area contributed by atoms with Crippen LogP contribution < -0.4 is 4.90 Å². The van der Waals surface area contributed by atoms with Crippen LogP contribution in [0.1, 0.15) is 17.0 Å². The maximum atomic E-state index is 13.6. The van der Waals surface area contributed by atoms with E-state index in [4.69, 9.17) is 11.6 Å². The molecule has 2 aliphatic heterocycles. The summed E-state index contributed by atoms with van der Waals surface area (Å²) in [5, 5.41) is -0.444. The predicted octanol–water partition coefficient (Wildman–Crippen LogP) is 5.27. The van der Waals surface area contributed by atoms with E-state index in [0.717, 1.165) is 39.3 Å². The second-order valence-corrected chi connectivity index (χ2v) is 10.6. The Morgan fingerprint density at radius 3 is 2.39 bits per heavy atom. The van der Waals surface area contributed by atoms with E-state index in [2.05, 4.69) is 4.90 Å². The Morgan fingerprint density at radius 2 is 1.71 bits per heavy atom. The summed E-state index contributed by atoms with van der Waals surface area (Å²) in [7, 11) is 0. The quantitative estimate of drug-likeness (QED) is 0.403. The summed E-state index contributed by atoms with van der Waals surface area (Å²) in [6.07, 6.45) is 1.66. The van der Waals surface area contributed by atoms with Gasteiger partial charge in [-0.15, -0.1) is 0 Å².